The van der Waals surface area contributed by atoms with Crippen molar-refractivity contribution >= 4 is 29.2 Å². The second-order valence-electron chi connectivity index (χ2n) is 8.62. The highest BCUT2D eigenvalue weighted by Crippen LogP contribution is 2.27. The Labute approximate surface area is 211 Å². The van der Waals surface area contributed by atoms with Crippen LogP contribution in [0.15, 0.2) is 84.9 Å². The molecule has 3 aromatic carbocycles. The Morgan fingerprint density at radius 1 is 0.806 bits per heavy atom. The molecule has 36 heavy (non-hydrogen) atoms. The summed E-state index contributed by atoms with van der Waals surface area (Å²) in [5, 5.41) is 8.62. The summed E-state index contributed by atoms with van der Waals surface area (Å²) in [5.74, 6) is -0.593. The Balaban J connectivity index is 1.50. The van der Waals surface area contributed by atoms with Gasteiger partial charge in [0.2, 0.25) is 5.91 Å². The lowest BCUT2D eigenvalue weighted by atomic mass is 10.0. The maximum absolute atomic E-state index is 13.5. The summed E-state index contributed by atoms with van der Waals surface area (Å²) in [6, 6.07) is 25.3. The lowest BCUT2D eigenvalue weighted by Crippen LogP contribution is -2.51. The zero-order chi connectivity index (χ0) is 25.3. The van der Waals surface area contributed by atoms with Crippen molar-refractivity contribution in [3.05, 3.63) is 96.1 Å². The molecule has 0 aliphatic carbocycles. The molecule has 1 atom stereocenters. The molecule has 3 N–H and O–H groups in total. The molecular formula is C28H31N5O3. The monoisotopic (exact) mass is 485 g/mol. The molecule has 3 aromatic rings. The standard InChI is InChI=1S/C28H31N5O3/c1-29-28(36)33-18-16-32(17-19-33)25-15-9-8-14-23(25)30-27(35)24(20-21-10-4-2-5-11-21)31-26(34)22-12-6-3-7-13-22/h2-15,24H,16-20H2,1H3,(H,29,36)(H,30,35)(H,31,34). The number of rotatable bonds is 7. The molecule has 0 aromatic heterocycles. The molecule has 1 aliphatic rings. The molecule has 8 heteroatoms. The Morgan fingerprint density at radius 2 is 1.42 bits per heavy atom. The maximum atomic E-state index is 13.5. The van der Waals surface area contributed by atoms with E-state index >= 15 is 0 Å². The SMILES string of the molecule is CNC(=O)N1CCN(c2ccccc2NC(=O)C(Cc2ccccc2)NC(=O)c2ccccc2)CC1. The van der Waals surface area contributed by atoms with Crippen LogP contribution in [-0.4, -0.2) is 62.0 Å². The van der Waals surface area contributed by atoms with Crippen LogP contribution in [0.4, 0.5) is 16.2 Å². The zero-order valence-corrected chi connectivity index (χ0v) is 20.3. The van der Waals surface area contributed by atoms with Crippen molar-refractivity contribution in [2.45, 2.75) is 12.5 Å². The number of nitrogens with one attached hydrogen (secondary N) is 3. The predicted octanol–water partition coefficient (Wildman–Crippen LogP) is 3.13. The number of para-hydroxylation sites is 2. The van der Waals surface area contributed by atoms with Gasteiger partial charge in [-0.2, -0.15) is 0 Å². The van der Waals surface area contributed by atoms with Crippen molar-refractivity contribution in [2.24, 2.45) is 0 Å². The molecule has 1 heterocycles. The molecule has 8 nitrogen and oxygen atoms in total. The number of carbonyl (C=O) groups excluding carboxylic acids is 3. The quantitative estimate of drug-likeness (QED) is 0.479. The molecule has 4 amide bonds. The fourth-order valence-electron chi connectivity index (χ4n) is 4.27. The van der Waals surface area contributed by atoms with Crippen molar-refractivity contribution in [2.75, 3.05) is 43.4 Å². The van der Waals surface area contributed by atoms with Crippen LogP contribution in [0.25, 0.3) is 0 Å². The Hall–Kier alpha value is -4.33. The lowest BCUT2D eigenvalue weighted by Gasteiger charge is -2.36. The van der Waals surface area contributed by atoms with Crippen LogP contribution in [-0.2, 0) is 11.2 Å². The minimum Gasteiger partial charge on any atom is -0.366 e. The van der Waals surface area contributed by atoms with E-state index in [-0.39, 0.29) is 17.8 Å². The fourth-order valence-corrected chi connectivity index (χ4v) is 4.27. The molecule has 1 saturated heterocycles. The van der Waals surface area contributed by atoms with Crippen molar-refractivity contribution in [3.63, 3.8) is 0 Å². The number of hydrogen-bond acceptors (Lipinski definition) is 4. The maximum Gasteiger partial charge on any atom is 0.317 e. The number of benzene rings is 3. The summed E-state index contributed by atoms with van der Waals surface area (Å²) < 4.78 is 0. The fraction of sp³-hybridized carbons (Fsp3) is 0.250. The molecule has 0 saturated carbocycles. The van der Waals surface area contributed by atoms with Gasteiger partial charge in [-0.3, -0.25) is 9.59 Å². The van der Waals surface area contributed by atoms with Crippen LogP contribution in [0, 0.1) is 0 Å². The summed E-state index contributed by atoms with van der Waals surface area (Å²) in [7, 11) is 1.63. The third-order valence-electron chi connectivity index (χ3n) is 6.22. The molecule has 0 spiro atoms. The molecule has 0 bridgehead atoms. The largest absolute Gasteiger partial charge is 0.366 e. The van der Waals surface area contributed by atoms with E-state index in [0.29, 0.717) is 43.9 Å². The van der Waals surface area contributed by atoms with Gasteiger partial charge in [-0.15, -0.1) is 0 Å². The number of urea groups is 1. The van der Waals surface area contributed by atoms with E-state index in [1.54, 1.807) is 36.2 Å². The first-order valence-corrected chi connectivity index (χ1v) is 12.1. The zero-order valence-electron chi connectivity index (χ0n) is 20.3. The van der Waals surface area contributed by atoms with Gasteiger partial charge in [-0.25, -0.2) is 4.79 Å². The van der Waals surface area contributed by atoms with Gasteiger partial charge in [0.1, 0.15) is 6.04 Å². The van der Waals surface area contributed by atoms with E-state index in [2.05, 4.69) is 20.9 Å². The predicted molar refractivity (Wildman–Crippen MR) is 141 cm³/mol. The molecule has 1 aliphatic heterocycles. The smallest absolute Gasteiger partial charge is 0.317 e. The average molecular weight is 486 g/mol. The van der Waals surface area contributed by atoms with Crippen LogP contribution in [0.1, 0.15) is 15.9 Å². The number of hydrogen-bond donors (Lipinski definition) is 3. The first-order chi connectivity index (χ1) is 17.5. The average Bonchev–Trinajstić information content (AvgIpc) is 2.93. The summed E-state index contributed by atoms with van der Waals surface area (Å²) in [6.07, 6.45) is 0.359. The molecule has 0 radical (unpaired) electrons. The van der Waals surface area contributed by atoms with Crippen LogP contribution < -0.4 is 20.9 Å². The van der Waals surface area contributed by atoms with Gasteiger partial charge >= 0.3 is 6.03 Å². The first-order valence-electron chi connectivity index (χ1n) is 12.1. The minimum absolute atomic E-state index is 0.0888. The highest BCUT2D eigenvalue weighted by molar-refractivity contribution is 6.02. The van der Waals surface area contributed by atoms with Gasteiger partial charge in [0.05, 0.1) is 11.4 Å². The van der Waals surface area contributed by atoms with E-state index < -0.39 is 6.04 Å². The van der Waals surface area contributed by atoms with E-state index in [1.165, 1.54) is 0 Å². The van der Waals surface area contributed by atoms with Crippen LogP contribution in [0.3, 0.4) is 0 Å². The van der Waals surface area contributed by atoms with Crippen molar-refractivity contribution in [1.82, 2.24) is 15.5 Å². The Kier molecular flexibility index (Phi) is 8.18. The van der Waals surface area contributed by atoms with Crippen molar-refractivity contribution < 1.29 is 14.4 Å². The van der Waals surface area contributed by atoms with Gasteiger partial charge < -0.3 is 25.8 Å². The number of piperazine rings is 1. The Morgan fingerprint density at radius 3 is 2.08 bits per heavy atom. The highest BCUT2D eigenvalue weighted by Gasteiger charge is 2.25. The van der Waals surface area contributed by atoms with Crippen LogP contribution >= 0.6 is 0 Å². The molecular weight excluding hydrogens is 454 g/mol. The number of nitrogens with zero attached hydrogens (tertiary/aromatic N) is 2. The summed E-state index contributed by atoms with van der Waals surface area (Å²) in [6.45, 7) is 2.48. The van der Waals surface area contributed by atoms with E-state index in [4.69, 9.17) is 0 Å². The summed E-state index contributed by atoms with van der Waals surface area (Å²) in [5.41, 5.74) is 3.00. The van der Waals surface area contributed by atoms with E-state index in [0.717, 1.165) is 11.3 Å². The topological polar surface area (TPSA) is 93.8 Å². The number of carbonyl (C=O) groups is 3. The van der Waals surface area contributed by atoms with Crippen LogP contribution in [0.5, 0.6) is 0 Å². The van der Waals surface area contributed by atoms with Gasteiger partial charge in [0, 0.05) is 45.2 Å². The normalized spacial score (nSPS) is 14.0. The first kappa shape index (κ1) is 24.8. The minimum atomic E-state index is -0.766. The third kappa shape index (κ3) is 6.21. The molecule has 1 unspecified atom stereocenters. The summed E-state index contributed by atoms with van der Waals surface area (Å²) in [4.78, 5) is 42.3. The third-order valence-corrected chi connectivity index (χ3v) is 6.22. The number of amides is 4. The van der Waals surface area contributed by atoms with E-state index in [1.807, 2.05) is 60.7 Å². The van der Waals surface area contributed by atoms with Crippen molar-refractivity contribution in [1.29, 1.82) is 0 Å². The lowest BCUT2D eigenvalue weighted by molar-refractivity contribution is -0.118. The summed E-state index contributed by atoms with van der Waals surface area (Å²) >= 11 is 0. The van der Waals surface area contributed by atoms with Gasteiger partial charge in [-0.1, -0.05) is 60.7 Å². The van der Waals surface area contributed by atoms with Gasteiger partial charge in [-0.05, 0) is 29.8 Å². The molecule has 186 valence electrons. The van der Waals surface area contributed by atoms with Gasteiger partial charge in [0.25, 0.3) is 5.91 Å². The molecule has 4 rings (SSSR count). The van der Waals surface area contributed by atoms with Crippen molar-refractivity contribution in [3.8, 4) is 0 Å². The highest BCUT2D eigenvalue weighted by atomic mass is 16.2. The second-order valence-corrected chi connectivity index (χ2v) is 8.62. The van der Waals surface area contributed by atoms with Gasteiger partial charge in [0.15, 0.2) is 0 Å². The number of anilines is 2. The molecule has 1 fully saturated rings. The van der Waals surface area contributed by atoms with E-state index in [9.17, 15) is 14.4 Å². The van der Waals surface area contributed by atoms with Crippen LogP contribution in [0.2, 0.25) is 0 Å². The Bertz CT molecular complexity index is 1180. The second kappa shape index (κ2) is 11.9.